The van der Waals surface area contributed by atoms with Gasteiger partial charge in [-0.2, -0.15) is 0 Å². The number of ether oxygens (including phenoxy) is 2. The number of rotatable bonds is 5. The second-order valence-corrected chi connectivity index (χ2v) is 5.72. The molecule has 5 nitrogen and oxygen atoms in total. The summed E-state index contributed by atoms with van der Waals surface area (Å²) in [5, 5.41) is 0. The van der Waals surface area contributed by atoms with Gasteiger partial charge in [-0.25, -0.2) is 9.97 Å². The number of hydrogen-bond acceptors (Lipinski definition) is 5. The van der Waals surface area contributed by atoms with Crippen molar-refractivity contribution >= 4 is 22.2 Å². The first-order valence-corrected chi connectivity index (χ1v) is 7.88. The molecule has 0 aliphatic heterocycles. The maximum atomic E-state index is 11.0. The van der Waals surface area contributed by atoms with Crippen LogP contribution in [0.25, 0.3) is 11.3 Å². The van der Waals surface area contributed by atoms with Crippen molar-refractivity contribution in [3.63, 3.8) is 0 Å². The monoisotopic (exact) mass is 384 g/mol. The van der Waals surface area contributed by atoms with Crippen LogP contribution in [-0.2, 0) is 0 Å². The standard InChI is InChI=1S/C18H13BrN2O3/c1-23-16-8-12(10-22)7-14(19)18(16)24-17-9-15(20-11-21-17)13-5-3-2-4-6-13/h2-11H,1H3. The molecule has 0 saturated heterocycles. The molecule has 1 aromatic heterocycles. The van der Waals surface area contributed by atoms with E-state index in [2.05, 4.69) is 25.9 Å². The van der Waals surface area contributed by atoms with Gasteiger partial charge < -0.3 is 9.47 Å². The Kier molecular flexibility index (Phi) is 4.86. The highest BCUT2D eigenvalue weighted by Crippen LogP contribution is 2.39. The minimum absolute atomic E-state index is 0.377. The number of halogens is 1. The Morgan fingerprint density at radius 2 is 1.88 bits per heavy atom. The normalized spacial score (nSPS) is 10.2. The summed E-state index contributed by atoms with van der Waals surface area (Å²) >= 11 is 3.39. The number of carbonyl (C=O) groups excluding carboxylic acids is 1. The number of methoxy groups -OCH3 is 1. The zero-order valence-electron chi connectivity index (χ0n) is 12.8. The van der Waals surface area contributed by atoms with Crippen LogP contribution in [0.5, 0.6) is 17.4 Å². The third-order valence-electron chi connectivity index (χ3n) is 3.31. The van der Waals surface area contributed by atoms with Crippen LogP contribution in [0.15, 0.2) is 59.3 Å². The van der Waals surface area contributed by atoms with Crippen LogP contribution in [0.1, 0.15) is 10.4 Å². The number of aldehydes is 1. The Bertz CT molecular complexity index is 869. The van der Waals surface area contributed by atoms with Gasteiger partial charge in [0.2, 0.25) is 5.88 Å². The van der Waals surface area contributed by atoms with Crippen molar-refractivity contribution in [2.24, 2.45) is 0 Å². The number of benzene rings is 2. The third kappa shape index (κ3) is 3.44. The molecule has 6 heteroatoms. The molecule has 0 N–H and O–H groups in total. The van der Waals surface area contributed by atoms with Crippen molar-refractivity contribution in [1.82, 2.24) is 9.97 Å². The van der Waals surface area contributed by atoms with Crippen LogP contribution in [0, 0.1) is 0 Å². The molecule has 3 aromatic rings. The lowest BCUT2D eigenvalue weighted by molar-refractivity contribution is 0.112. The maximum Gasteiger partial charge on any atom is 0.223 e. The Morgan fingerprint density at radius 3 is 2.58 bits per heavy atom. The molecule has 2 aromatic carbocycles. The number of carbonyl (C=O) groups is 1. The lowest BCUT2D eigenvalue weighted by atomic mass is 10.1. The molecule has 3 rings (SSSR count). The zero-order chi connectivity index (χ0) is 16.9. The lowest BCUT2D eigenvalue weighted by Crippen LogP contribution is -1.96. The van der Waals surface area contributed by atoms with Crippen molar-refractivity contribution in [2.75, 3.05) is 7.11 Å². The maximum absolute atomic E-state index is 11.0. The van der Waals surface area contributed by atoms with Gasteiger partial charge in [0, 0.05) is 17.2 Å². The fraction of sp³-hybridized carbons (Fsp3) is 0.0556. The summed E-state index contributed by atoms with van der Waals surface area (Å²) in [4.78, 5) is 19.4. The molecule has 0 atom stereocenters. The fourth-order valence-electron chi connectivity index (χ4n) is 2.17. The van der Waals surface area contributed by atoms with Gasteiger partial charge >= 0.3 is 0 Å². The van der Waals surface area contributed by atoms with Crippen LogP contribution in [0.3, 0.4) is 0 Å². The molecule has 0 amide bonds. The largest absolute Gasteiger partial charge is 0.493 e. The average Bonchev–Trinajstić information content (AvgIpc) is 2.64. The molecule has 0 aliphatic carbocycles. The van der Waals surface area contributed by atoms with E-state index in [4.69, 9.17) is 9.47 Å². The highest BCUT2D eigenvalue weighted by molar-refractivity contribution is 9.10. The lowest BCUT2D eigenvalue weighted by Gasteiger charge is -2.12. The van der Waals surface area contributed by atoms with E-state index in [-0.39, 0.29) is 0 Å². The summed E-state index contributed by atoms with van der Waals surface area (Å²) in [6.45, 7) is 0. The SMILES string of the molecule is COc1cc(C=O)cc(Br)c1Oc1cc(-c2ccccc2)ncn1. The van der Waals surface area contributed by atoms with Gasteiger partial charge in [0.1, 0.15) is 12.6 Å². The molecule has 0 fully saturated rings. The number of nitrogens with zero attached hydrogens (tertiary/aromatic N) is 2. The first kappa shape index (κ1) is 16.1. The minimum Gasteiger partial charge on any atom is -0.493 e. The van der Waals surface area contributed by atoms with Gasteiger partial charge in [0.05, 0.1) is 17.3 Å². The van der Waals surface area contributed by atoms with Crippen LogP contribution in [0.4, 0.5) is 0 Å². The van der Waals surface area contributed by atoms with Gasteiger partial charge in [-0.1, -0.05) is 30.3 Å². The summed E-state index contributed by atoms with van der Waals surface area (Å²) < 4.78 is 11.8. The predicted octanol–water partition coefficient (Wildman–Crippen LogP) is 4.52. The van der Waals surface area contributed by atoms with Crippen molar-refractivity contribution < 1.29 is 14.3 Å². The highest BCUT2D eigenvalue weighted by Gasteiger charge is 2.14. The van der Waals surface area contributed by atoms with E-state index in [1.807, 2.05) is 30.3 Å². The topological polar surface area (TPSA) is 61.3 Å². The van der Waals surface area contributed by atoms with Gasteiger partial charge in [0.15, 0.2) is 11.5 Å². The number of aromatic nitrogens is 2. The van der Waals surface area contributed by atoms with Crippen LogP contribution >= 0.6 is 15.9 Å². The summed E-state index contributed by atoms with van der Waals surface area (Å²) in [6.07, 6.45) is 2.19. The van der Waals surface area contributed by atoms with E-state index in [1.165, 1.54) is 13.4 Å². The molecule has 0 spiro atoms. The molecule has 0 saturated carbocycles. The van der Waals surface area contributed by atoms with E-state index in [0.717, 1.165) is 17.5 Å². The summed E-state index contributed by atoms with van der Waals surface area (Å²) in [5.41, 5.74) is 2.20. The molecule has 0 unspecified atom stereocenters. The zero-order valence-corrected chi connectivity index (χ0v) is 14.4. The van der Waals surface area contributed by atoms with E-state index in [1.54, 1.807) is 18.2 Å². The molecular formula is C18H13BrN2O3. The van der Waals surface area contributed by atoms with Gasteiger partial charge in [0.25, 0.3) is 0 Å². The second kappa shape index (κ2) is 7.23. The summed E-state index contributed by atoms with van der Waals surface area (Å²) in [6, 6.07) is 14.7. The van der Waals surface area contributed by atoms with Crippen LogP contribution in [0.2, 0.25) is 0 Å². The number of hydrogen-bond donors (Lipinski definition) is 0. The quantitative estimate of drug-likeness (QED) is 0.605. The highest BCUT2D eigenvalue weighted by atomic mass is 79.9. The van der Waals surface area contributed by atoms with E-state index in [9.17, 15) is 4.79 Å². The fourth-order valence-corrected chi connectivity index (χ4v) is 2.71. The van der Waals surface area contributed by atoms with Gasteiger partial charge in [-0.3, -0.25) is 4.79 Å². The molecule has 0 radical (unpaired) electrons. The minimum atomic E-state index is 0.377. The first-order valence-electron chi connectivity index (χ1n) is 7.09. The molecule has 120 valence electrons. The van der Waals surface area contributed by atoms with Crippen LogP contribution < -0.4 is 9.47 Å². The Balaban J connectivity index is 1.96. The Labute approximate surface area is 147 Å². The van der Waals surface area contributed by atoms with Gasteiger partial charge in [-0.05, 0) is 28.1 Å². The second-order valence-electron chi connectivity index (χ2n) is 4.86. The van der Waals surface area contributed by atoms with Crippen molar-refractivity contribution in [3.05, 3.63) is 64.9 Å². The van der Waals surface area contributed by atoms with Gasteiger partial charge in [-0.15, -0.1) is 0 Å². The van der Waals surface area contributed by atoms with Crippen molar-refractivity contribution in [2.45, 2.75) is 0 Å². The van der Waals surface area contributed by atoms with E-state index >= 15 is 0 Å². The van der Waals surface area contributed by atoms with E-state index in [0.29, 0.717) is 27.4 Å². The molecule has 0 aliphatic rings. The first-order chi connectivity index (χ1) is 11.7. The van der Waals surface area contributed by atoms with Crippen LogP contribution in [-0.4, -0.2) is 23.4 Å². The predicted molar refractivity (Wildman–Crippen MR) is 93.6 cm³/mol. The average molecular weight is 385 g/mol. The Morgan fingerprint density at radius 1 is 1.08 bits per heavy atom. The van der Waals surface area contributed by atoms with Crippen molar-refractivity contribution in [1.29, 1.82) is 0 Å². The molecule has 1 heterocycles. The molecule has 24 heavy (non-hydrogen) atoms. The third-order valence-corrected chi connectivity index (χ3v) is 3.90. The smallest absolute Gasteiger partial charge is 0.223 e. The van der Waals surface area contributed by atoms with Crippen molar-refractivity contribution in [3.8, 4) is 28.6 Å². The molecular weight excluding hydrogens is 372 g/mol. The molecule has 0 bridgehead atoms. The van der Waals surface area contributed by atoms with E-state index < -0.39 is 0 Å². The summed E-state index contributed by atoms with van der Waals surface area (Å²) in [5.74, 6) is 1.26. The Hall–Kier alpha value is -2.73. The summed E-state index contributed by atoms with van der Waals surface area (Å²) in [7, 11) is 1.51.